The Morgan fingerprint density at radius 3 is 1.82 bits per heavy atom. The van der Waals surface area contributed by atoms with Crippen LogP contribution in [0, 0.1) is 17.9 Å². The lowest BCUT2D eigenvalue weighted by Gasteiger charge is -2.16. The first-order valence-electron chi connectivity index (χ1n) is 20.0. The van der Waals surface area contributed by atoms with Crippen molar-refractivity contribution < 1.29 is 4.42 Å². The van der Waals surface area contributed by atoms with Crippen LogP contribution in [-0.4, -0.2) is 19.1 Å². The molecule has 7 nitrogen and oxygen atoms in total. The fourth-order valence-electron chi connectivity index (χ4n) is 9.17. The molecule has 61 heavy (non-hydrogen) atoms. The smallest absolute Gasteiger partial charge is 0.211 e. The molecule has 4 aromatic heterocycles. The molecular formula is C54H30N6O. The topological polar surface area (TPSA) is 76.9 Å². The minimum Gasteiger partial charge on any atom is -0.455 e. The van der Waals surface area contributed by atoms with Gasteiger partial charge >= 0.3 is 0 Å². The van der Waals surface area contributed by atoms with Crippen LogP contribution in [0.1, 0.15) is 5.56 Å². The lowest BCUT2D eigenvalue weighted by atomic mass is 9.99. The molecule has 0 amide bonds. The van der Waals surface area contributed by atoms with E-state index in [2.05, 4.69) is 98.9 Å². The number of hydrogen-bond donors (Lipinski definition) is 0. The first kappa shape index (κ1) is 34.3. The van der Waals surface area contributed by atoms with Crippen LogP contribution in [0.3, 0.4) is 0 Å². The summed E-state index contributed by atoms with van der Waals surface area (Å²) in [4.78, 5) is 14.4. The molecule has 8 aromatic carbocycles. The molecule has 0 saturated carbocycles. The van der Waals surface area contributed by atoms with Crippen LogP contribution < -0.4 is 0 Å². The summed E-state index contributed by atoms with van der Waals surface area (Å²) in [6.07, 6.45) is 0. The van der Waals surface area contributed by atoms with Crippen molar-refractivity contribution in [1.29, 1.82) is 5.26 Å². The Balaban J connectivity index is 1.14. The average Bonchev–Trinajstić information content (AvgIpc) is 3.99. The number of furan rings is 1. The third-order valence-corrected chi connectivity index (χ3v) is 11.8. The number of aromatic nitrogens is 4. The summed E-state index contributed by atoms with van der Waals surface area (Å²) in [6.45, 7) is 8.68. The molecule has 0 aliphatic carbocycles. The highest BCUT2D eigenvalue weighted by atomic mass is 16.3. The van der Waals surface area contributed by atoms with Gasteiger partial charge in [0.05, 0.1) is 51.3 Å². The summed E-state index contributed by atoms with van der Waals surface area (Å²) in [6, 6.07) is 63.7. The van der Waals surface area contributed by atoms with Gasteiger partial charge in [0.15, 0.2) is 5.82 Å². The summed E-state index contributed by atoms with van der Waals surface area (Å²) in [5, 5.41) is 17.3. The van der Waals surface area contributed by atoms with Crippen LogP contribution in [0.25, 0.3) is 116 Å². The van der Waals surface area contributed by atoms with Crippen LogP contribution in [0.2, 0.25) is 0 Å². The number of para-hydroxylation sites is 5. The van der Waals surface area contributed by atoms with Gasteiger partial charge in [-0.25, -0.2) is 14.8 Å². The van der Waals surface area contributed by atoms with Crippen molar-refractivity contribution in [2.75, 3.05) is 0 Å². The predicted octanol–water partition coefficient (Wildman–Crippen LogP) is 14.0. The highest BCUT2D eigenvalue weighted by molar-refractivity contribution is 6.24. The van der Waals surface area contributed by atoms with Gasteiger partial charge in [0.25, 0.3) is 0 Å². The Morgan fingerprint density at radius 1 is 0.525 bits per heavy atom. The Hall–Kier alpha value is -8.78. The van der Waals surface area contributed by atoms with Crippen LogP contribution >= 0.6 is 0 Å². The van der Waals surface area contributed by atoms with E-state index in [0.717, 1.165) is 76.9 Å². The van der Waals surface area contributed by atoms with Crippen LogP contribution in [0.4, 0.5) is 5.69 Å². The maximum absolute atomic E-state index is 10.9. The van der Waals surface area contributed by atoms with Gasteiger partial charge in [-0.15, -0.1) is 0 Å². The van der Waals surface area contributed by atoms with E-state index in [1.807, 2.05) is 103 Å². The Bertz CT molecular complexity index is 3840. The van der Waals surface area contributed by atoms with Crippen molar-refractivity contribution >= 4 is 71.2 Å². The number of fused-ring (bicyclic) bond motifs is 10. The molecule has 0 aliphatic rings. The standard InChI is InChI=1S/C54H30N6O/c1-56-44-31-34(50-43(32-55)49(33-15-4-2-5-16-33)57-54(58-50)42-23-14-22-41-38-21-10-13-26-48(38)61-53(41)42)27-30-47(44)60-46-25-12-9-20-37(46)40-29-28-39-36-19-8-11-24-45(36)59(51(39)52(40)60)35-17-6-3-7-18-35/h2-31H. The van der Waals surface area contributed by atoms with E-state index in [1.165, 1.54) is 0 Å². The molecule has 0 fully saturated rings. The van der Waals surface area contributed by atoms with Crippen molar-refractivity contribution in [1.82, 2.24) is 19.1 Å². The molecule has 0 bridgehead atoms. The lowest BCUT2D eigenvalue weighted by molar-refractivity contribution is 0.669. The van der Waals surface area contributed by atoms with Gasteiger partial charge in [0.1, 0.15) is 22.8 Å². The second-order valence-electron chi connectivity index (χ2n) is 15.1. The zero-order valence-corrected chi connectivity index (χ0v) is 32.4. The van der Waals surface area contributed by atoms with Gasteiger partial charge in [-0.1, -0.05) is 133 Å². The number of rotatable bonds is 5. The second kappa shape index (κ2) is 13.4. The van der Waals surface area contributed by atoms with Crippen molar-refractivity contribution in [3.05, 3.63) is 199 Å². The molecule has 0 aliphatic heterocycles. The fraction of sp³-hybridized carbons (Fsp3) is 0. The average molecular weight is 779 g/mol. The molecule has 0 atom stereocenters. The van der Waals surface area contributed by atoms with Crippen LogP contribution in [0.5, 0.6) is 0 Å². The maximum atomic E-state index is 10.9. The summed E-state index contributed by atoms with van der Waals surface area (Å²) in [7, 11) is 0. The molecule has 4 heterocycles. The minimum absolute atomic E-state index is 0.321. The van der Waals surface area contributed by atoms with E-state index in [1.54, 1.807) is 0 Å². The molecule has 0 spiro atoms. The summed E-state index contributed by atoms with van der Waals surface area (Å²) in [5.74, 6) is 0.421. The molecule has 12 rings (SSSR count). The summed E-state index contributed by atoms with van der Waals surface area (Å²) >= 11 is 0. The van der Waals surface area contributed by atoms with E-state index in [0.29, 0.717) is 45.2 Å². The van der Waals surface area contributed by atoms with E-state index in [4.69, 9.17) is 21.0 Å². The van der Waals surface area contributed by atoms with Crippen molar-refractivity contribution in [3.8, 4) is 51.3 Å². The molecule has 12 aromatic rings. The van der Waals surface area contributed by atoms with E-state index < -0.39 is 0 Å². The largest absolute Gasteiger partial charge is 0.455 e. The highest BCUT2D eigenvalue weighted by Gasteiger charge is 2.25. The Labute approximate surface area is 349 Å². The molecule has 0 radical (unpaired) electrons. The molecule has 282 valence electrons. The van der Waals surface area contributed by atoms with Gasteiger partial charge in [0.2, 0.25) is 5.69 Å². The minimum atomic E-state index is 0.321. The van der Waals surface area contributed by atoms with Crippen LogP contribution in [-0.2, 0) is 0 Å². The van der Waals surface area contributed by atoms with Gasteiger partial charge < -0.3 is 13.6 Å². The normalized spacial score (nSPS) is 11.6. The number of benzene rings is 8. The quantitative estimate of drug-likeness (QED) is 0.163. The Morgan fingerprint density at radius 2 is 1.11 bits per heavy atom. The third kappa shape index (κ3) is 5.08. The van der Waals surface area contributed by atoms with Crippen molar-refractivity contribution in [2.24, 2.45) is 0 Å². The summed E-state index contributed by atoms with van der Waals surface area (Å²) in [5.41, 5.74) is 11.2. The summed E-state index contributed by atoms with van der Waals surface area (Å²) < 4.78 is 11.0. The molecule has 0 N–H and O–H groups in total. The van der Waals surface area contributed by atoms with E-state index in [9.17, 15) is 5.26 Å². The van der Waals surface area contributed by atoms with Crippen molar-refractivity contribution in [3.63, 3.8) is 0 Å². The number of nitrogens with zero attached hydrogens (tertiary/aromatic N) is 6. The zero-order valence-electron chi connectivity index (χ0n) is 32.4. The predicted molar refractivity (Wildman–Crippen MR) is 245 cm³/mol. The zero-order chi connectivity index (χ0) is 40.6. The first-order valence-corrected chi connectivity index (χ1v) is 20.0. The first-order chi connectivity index (χ1) is 30.2. The fourth-order valence-corrected chi connectivity index (χ4v) is 9.17. The van der Waals surface area contributed by atoms with Crippen LogP contribution in [0.15, 0.2) is 186 Å². The van der Waals surface area contributed by atoms with Gasteiger partial charge in [-0.2, -0.15) is 5.26 Å². The Kier molecular flexibility index (Phi) is 7.52. The highest BCUT2D eigenvalue weighted by Crippen LogP contribution is 2.44. The van der Waals surface area contributed by atoms with E-state index >= 15 is 0 Å². The molecular weight excluding hydrogens is 749 g/mol. The molecule has 7 heteroatoms. The number of hydrogen-bond acceptors (Lipinski definition) is 4. The molecule has 0 unspecified atom stereocenters. The lowest BCUT2D eigenvalue weighted by Crippen LogP contribution is -2.02. The maximum Gasteiger partial charge on any atom is 0.211 e. The van der Waals surface area contributed by atoms with Crippen molar-refractivity contribution in [2.45, 2.75) is 0 Å². The second-order valence-corrected chi connectivity index (χ2v) is 15.1. The SMILES string of the molecule is [C-]#[N+]c1cc(-c2nc(-c3cccc4c3oc3ccccc34)nc(-c3ccccc3)c2C#N)ccc1-n1c2ccccc2c2ccc3c4ccccc4n(-c4ccccc4)c3c21. The third-order valence-electron chi connectivity index (χ3n) is 11.8. The van der Waals surface area contributed by atoms with Gasteiger partial charge in [0, 0.05) is 43.6 Å². The van der Waals surface area contributed by atoms with Gasteiger partial charge in [-0.3, -0.25) is 0 Å². The van der Waals surface area contributed by atoms with E-state index in [-0.39, 0.29) is 0 Å². The monoisotopic (exact) mass is 778 g/mol. The molecule has 0 saturated heterocycles. The van der Waals surface area contributed by atoms with Gasteiger partial charge in [-0.05, 0) is 54.1 Å². The number of nitriles is 1.